The van der Waals surface area contributed by atoms with E-state index in [9.17, 15) is 5.26 Å². The first-order valence-electron chi connectivity index (χ1n) is 9.02. The van der Waals surface area contributed by atoms with Crippen molar-refractivity contribution in [3.63, 3.8) is 0 Å². The average Bonchev–Trinajstić information content (AvgIpc) is 2.91. The fourth-order valence-corrected chi connectivity index (χ4v) is 4.34. The van der Waals surface area contributed by atoms with Crippen LogP contribution in [0.5, 0.6) is 0 Å². The lowest BCUT2D eigenvalue weighted by atomic mass is 9.85. The molecule has 2 aliphatic rings. The predicted octanol–water partition coefficient (Wildman–Crippen LogP) is 4.03. The predicted molar refractivity (Wildman–Crippen MR) is 86.0 cm³/mol. The second kappa shape index (κ2) is 8.15. The number of hydrogen-bond donors (Lipinski definition) is 1. The summed E-state index contributed by atoms with van der Waals surface area (Å²) in [6.07, 6.45) is 11.3. The number of hydrogen-bond acceptors (Lipinski definition) is 3. The number of nitriles is 1. The molecule has 21 heavy (non-hydrogen) atoms. The summed E-state index contributed by atoms with van der Waals surface area (Å²) in [5, 5.41) is 13.0. The average molecular weight is 292 g/mol. The SMILES string of the molecule is CCNC1(C#N)CCCC1CCOC1CCCC(CC)C1. The molecule has 0 aromatic heterocycles. The fourth-order valence-electron chi connectivity index (χ4n) is 4.34. The van der Waals surface area contributed by atoms with Crippen LogP contribution in [0.3, 0.4) is 0 Å². The molecule has 4 unspecified atom stereocenters. The van der Waals surface area contributed by atoms with Gasteiger partial charge in [0.05, 0.1) is 12.2 Å². The van der Waals surface area contributed by atoms with E-state index in [1.807, 2.05) is 0 Å². The van der Waals surface area contributed by atoms with Crippen LogP contribution in [0.2, 0.25) is 0 Å². The minimum absolute atomic E-state index is 0.281. The van der Waals surface area contributed by atoms with Gasteiger partial charge in [-0.3, -0.25) is 5.32 Å². The molecule has 0 spiro atoms. The molecule has 0 saturated heterocycles. The highest BCUT2D eigenvalue weighted by molar-refractivity contribution is 5.13. The quantitative estimate of drug-likeness (QED) is 0.770. The van der Waals surface area contributed by atoms with Gasteiger partial charge in [0.1, 0.15) is 5.54 Å². The number of ether oxygens (including phenoxy) is 1. The van der Waals surface area contributed by atoms with Gasteiger partial charge in [-0.1, -0.05) is 39.5 Å². The first kappa shape index (κ1) is 16.8. The summed E-state index contributed by atoms with van der Waals surface area (Å²) in [4.78, 5) is 0. The van der Waals surface area contributed by atoms with Crippen molar-refractivity contribution in [2.24, 2.45) is 11.8 Å². The van der Waals surface area contributed by atoms with E-state index in [0.29, 0.717) is 12.0 Å². The van der Waals surface area contributed by atoms with Crippen LogP contribution in [-0.2, 0) is 4.74 Å². The summed E-state index contributed by atoms with van der Waals surface area (Å²) in [7, 11) is 0. The third-order valence-electron chi connectivity index (χ3n) is 5.64. The van der Waals surface area contributed by atoms with E-state index < -0.39 is 0 Å². The van der Waals surface area contributed by atoms with Gasteiger partial charge in [-0.05, 0) is 50.5 Å². The van der Waals surface area contributed by atoms with E-state index in [1.165, 1.54) is 44.9 Å². The molecule has 3 heteroatoms. The lowest BCUT2D eigenvalue weighted by Gasteiger charge is -2.31. The second-order valence-corrected chi connectivity index (χ2v) is 6.92. The molecule has 0 bridgehead atoms. The number of nitrogens with one attached hydrogen (secondary N) is 1. The van der Waals surface area contributed by atoms with Gasteiger partial charge >= 0.3 is 0 Å². The Morgan fingerprint density at radius 3 is 2.81 bits per heavy atom. The summed E-state index contributed by atoms with van der Waals surface area (Å²) < 4.78 is 6.16. The molecule has 0 aromatic carbocycles. The number of nitrogens with zero attached hydrogens (tertiary/aromatic N) is 1. The van der Waals surface area contributed by atoms with Crippen molar-refractivity contribution >= 4 is 0 Å². The van der Waals surface area contributed by atoms with Gasteiger partial charge in [-0.2, -0.15) is 5.26 Å². The normalized spacial score (nSPS) is 36.5. The lowest BCUT2D eigenvalue weighted by molar-refractivity contribution is 0.00395. The van der Waals surface area contributed by atoms with E-state index in [1.54, 1.807) is 0 Å². The van der Waals surface area contributed by atoms with Crippen LogP contribution in [0.1, 0.15) is 71.6 Å². The second-order valence-electron chi connectivity index (χ2n) is 6.92. The topological polar surface area (TPSA) is 45.0 Å². The Bertz CT molecular complexity index is 352. The van der Waals surface area contributed by atoms with Crippen molar-refractivity contribution in [2.75, 3.05) is 13.2 Å². The summed E-state index contributed by atoms with van der Waals surface area (Å²) >= 11 is 0. The molecule has 2 rings (SSSR count). The van der Waals surface area contributed by atoms with Gasteiger partial charge in [0, 0.05) is 6.61 Å². The van der Waals surface area contributed by atoms with Crippen LogP contribution in [0.25, 0.3) is 0 Å². The first-order valence-corrected chi connectivity index (χ1v) is 9.02. The summed E-state index contributed by atoms with van der Waals surface area (Å²) in [6, 6.07) is 2.57. The Kier molecular flexibility index (Phi) is 6.51. The highest BCUT2D eigenvalue weighted by Gasteiger charge is 2.42. The van der Waals surface area contributed by atoms with E-state index in [4.69, 9.17) is 4.74 Å². The molecule has 2 aliphatic carbocycles. The van der Waals surface area contributed by atoms with Crippen LogP contribution in [0, 0.1) is 23.2 Å². The third-order valence-corrected chi connectivity index (χ3v) is 5.64. The van der Waals surface area contributed by atoms with Gasteiger partial charge in [-0.15, -0.1) is 0 Å². The minimum Gasteiger partial charge on any atom is -0.378 e. The van der Waals surface area contributed by atoms with E-state index in [2.05, 4.69) is 25.2 Å². The maximum Gasteiger partial charge on any atom is 0.109 e. The summed E-state index contributed by atoms with van der Waals surface area (Å²) in [5.41, 5.74) is -0.281. The Morgan fingerprint density at radius 2 is 2.10 bits per heavy atom. The van der Waals surface area contributed by atoms with E-state index in [0.717, 1.165) is 31.9 Å². The molecule has 120 valence electrons. The van der Waals surface area contributed by atoms with Gasteiger partial charge < -0.3 is 4.74 Å². The summed E-state index contributed by atoms with van der Waals surface area (Å²) in [6.45, 7) is 6.10. The van der Waals surface area contributed by atoms with Crippen LogP contribution in [-0.4, -0.2) is 24.8 Å². The molecule has 4 atom stereocenters. The van der Waals surface area contributed by atoms with Gasteiger partial charge in [-0.25, -0.2) is 0 Å². The molecular formula is C18H32N2O. The zero-order valence-electron chi connectivity index (χ0n) is 13.9. The van der Waals surface area contributed by atoms with Crippen molar-refractivity contribution in [2.45, 2.75) is 83.3 Å². The van der Waals surface area contributed by atoms with E-state index in [-0.39, 0.29) is 5.54 Å². The van der Waals surface area contributed by atoms with Crippen molar-refractivity contribution in [3.8, 4) is 6.07 Å². The van der Waals surface area contributed by atoms with Gasteiger partial charge in [0.2, 0.25) is 0 Å². The molecule has 2 saturated carbocycles. The molecule has 0 aliphatic heterocycles. The highest BCUT2D eigenvalue weighted by atomic mass is 16.5. The van der Waals surface area contributed by atoms with Crippen molar-refractivity contribution in [1.29, 1.82) is 5.26 Å². The molecular weight excluding hydrogens is 260 g/mol. The first-order chi connectivity index (χ1) is 10.2. The zero-order chi connectivity index (χ0) is 15.1. The molecule has 0 aromatic rings. The van der Waals surface area contributed by atoms with Crippen molar-refractivity contribution in [1.82, 2.24) is 5.32 Å². The Morgan fingerprint density at radius 1 is 1.24 bits per heavy atom. The smallest absolute Gasteiger partial charge is 0.109 e. The fraction of sp³-hybridized carbons (Fsp3) is 0.944. The van der Waals surface area contributed by atoms with Crippen molar-refractivity contribution < 1.29 is 4.74 Å². The zero-order valence-corrected chi connectivity index (χ0v) is 13.9. The molecule has 0 amide bonds. The Balaban J connectivity index is 1.76. The third kappa shape index (κ3) is 4.20. The maximum atomic E-state index is 9.58. The van der Waals surface area contributed by atoms with Gasteiger partial charge in [0.25, 0.3) is 0 Å². The van der Waals surface area contributed by atoms with Gasteiger partial charge in [0.15, 0.2) is 0 Å². The minimum atomic E-state index is -0.281. The van der Waals surface area contributed by atoms with Crippen LogP contribution >= 0.6 is 0 Å². The Hall–Kier alpha value is -0.590. The highest BCUT2D eigenvalue weighted by Crippen LogP contribution is 2.38. The summed E-state index contributed by atoms with van der Waals surface area (Å²) in [5.74, 6) is 1.34. The molecule has 0 heterocycles. The Labute approximate surface area is 130 Å². The molecule has 1 N–H and O–H groups in total. The molecule has 2 fully saturated rings. The number of rotatable bonds is 7. The lowest BCUT2D eigenvalue weighted by Crippen LogP contribution is -2.47. The monoisotopic (exact) mass is 292 g/mol. The maximum absolute atomic E-state index is 9.58. The van der Waals surface area contributed by atoms with E-state index >= 15 is 0 Å². The van der Waals surface area contributed by atoms with Crippen LogP contribution < -0.4 is 5.32 Å². The van der Waals surface area contributed by atoms with Crippen LogP contribution in [0.15, 0.2) is 0 Å². The van der Waals surface area contributed by atoms with Crippen molar-refractivity contribution in [3.05, 3.63) is 0 Å². The largest absolute Gasteiger partial charge is 0.378 e. The van der Waals surface area contributed by atoms with Crippen LogP contribution in [0.4, 0.5) is 0 Å². The standard InChI is InChI=1S/C18H32N2O/c1-3-15-7-5-9-17(13-15)21-12-10-16-8-6-11-18(16,14-19)20-4-2/h15-17,20H,3-13H2,1-2H3. The molecule has 3 nitrogen and oxygen atoms in total. The molecule has 0 radical (unpaired) electrons.